The number of hydrogen-bond donors (Lipinski definition) is 1. The molecule has 1 aliphatic rings. The average Bonchev–Trinajstić information content (AvgIpc) is 2.76. The summed E-state index contributed by atoms with van der Waals surface area (Å²) in [4.78, 5) is 10.7. The lowest BCUT2D eigenvalue weighted by Gasteiger charge is -2.26. The van der Waals surface area contributed by atoms with Crippen molar-refractivity contribution in [3.63, 3.8) is 0 Å². The van der Waals surface area contributed by atoms with Crippen LogP contribution in [0.1, 0.15) is 25.7 Å². The number of sulfonamides is 1. The smallest absolute Gasteiger partial charge is 0.318 e. The lowest BCUT2D eigenvalue weighted by atomic mass is 10.2. The Morgan fingerprint density at radius 3 is 2.47 bits per heavy atom. The Morgan fingerprint density at radius 2 is 2.00 bits per heavy atom. The van der Waals surface area contributed by atoms with Gasteiger partial charge >= 0.3 is 5.97 Å². The molecule has 1 N–H and O–H groups in total. The third-order valence-electron chi connectivity index (χ3n) is 2.93. The molecule has 0 amide bonds. The maximum absolute atomic E-state index is 12.0. The summed E-state index contributed by atoms with van der Waals surface area (Å²) in [7, 11) is -2.11. The van der Waals surface area contributed by atoms with Gasteiger partial charge in [0.1, 0.15) is 6.54 Å². The van der Waals surface area contributed by atoms with Gasteiger partial charge in [-0.2, -0.15) is 4.31 Å². The summed E-state index contributed by atoms with van der Waals surface area (Å²) in [6.07, 6.45) is 3.42. The van der Waals surface area contributed by atoms with E-state index in [1.165, 1.54) is 7.11 Å². The van der Waals surface area contributed by atoms with Crippen molar-refractivity contribution in [3.05, 3.63) is 0 Å². The van der Waals surface area contributed by atoms with Crippen molar-refractivity contribution in [2.45, 2.75) is 31.7 Å². The lowest BCUT2D eigenvalue weighted by Crippen LogP contribution is -2.43. The van der Waals surface area contributed by atoms with Gasteiger partial charge in [0.15, 0.2) is 0 Å². The number of nitrogens with zero attached hydrogens (tertiary/aromatic N) is 1. The first-order chi connectivity index (χ1) is 7.97. The van der Waals surface area contributed by atoms with E-state index in [9.17, 15) is 13.2 Å². The van der Waals surface area contributed by atoms with E-state index in [1.807, 2.05) is 0 Å². The van der Waals surface area contributed by atoms with Crippen LogP contribution in [0.25, 0.3) is 0 Å². The van der Waals surface area contributed by atoms with Crippen LogP contribution in [0.15, 0.2) is 0 Å². The van der Waals surface area contributed by atoms with Crippen molar-refractivity contribution < 1.29 is 23.1 Å². The molecule has 1 rings (SSSR count). The van der Waals surface area contributed by atoms with Crippen LogP contribution in [0.2, 0.25) is 0 Å². The first-order valence-electron chi connectivity index (χ1n) is 5.67. The van der Waals surface area contributed by atoms with E-state index in [4.69, 9.17) is 9.84 Å². The molecule has 100 valence electrons. The van der Waals surface area contributed by atoms with E-state index in [2.05, 4.69) is 0 Å². The monoisotopic (exact) mass is 265 g/mol. The normalized spacial score (nSPS) is 17.8. The molecule has 0 aliphatic heterocycles. The summed E-state index contributed by atoms with van der Waals surface area (Å²) in [5, 5.41) is 8.80. The van der Waals surface area contributed by atoms with Crippen molar-refractivity contribution in [2.75, 3.05) is 26.0 Å². The van der Waals surface area contributed by atoms with Crippen molar-refractivity contribution in [3.8, 4) is 0 Å². The molecule has 17 heavy (non-hydrogen) atoms. The fourth-order valence-corrected chi connectivity index (χ4v) is 3.67. The summed E-state index contributed by atoms with van der Waals surface area (Å²) in [5.41, 5.74) is 0. The van der Waals surface area contributed by atoms with Crippen LogP contribution in [0, 0.1) is 0 Å². The number of carboxylic acids is 1. The van der Waals surface area contributed by atoms with Crippen LogP contribution >= 0.6 is 0 Å². The molecule has 0 spiro atoms. The van der Waals surface area contributed by atoms with Crippen molar-refractivity contribution in [2.24, 2.45) is 0 Å². The Morgan fingerprint density at radius 1 is 1.41 bits per heavy atom. The van der Waals surface area contributed by atoms with E-state index in [1.54, 1.807) is 0 Å². The van der Waals surface area contributed by atoms with E-state index in [0.717, 1.165) is 30.0 Å². The minimum atomic E-state index is -3.54. The summed E-state index contributed by atoms with van der Waals surface area (Å²) in [6.45, 7) is -0.359. The summed E-state index contributed by atoms with van der Waals surface area (Å²) in [6, 6.07) is -0.159. The van der Waals surface area contributed by atoms with E-state index < -0.39 is 22.5 Å². The van der Waals surface area contributed by atoms with Gasteiger partial charge in [-0.25, -0.2) is 8.42 Å². The standard InChI is InChI=1S/C10H19NO5S/c1-16-6-7-17(14,15)11(8-10(12)13)9-4-2-3-5-9/h9H,2-8H2,1H3,(H,12,13). The molecule has 0 heterocycles. The Hall–Kier alpha value is -0.660. The molecule has 1 fully saturated rings. The maximum Gasteiger partial charge on any atom is 0.318 e. The van der Waals surface area contributed by atoms with Gasteiger partial charge in [-0.3, -0.25) is 4.79 Å². The van der Waals surface area contributed by atoms with Gasteiger partial charge in [0, 0.05) is 13.2 Å². The van der Waals surface area contributed by atoms with Crippen LogP contribution in [-0.4, -0.2) is 55.9 Å². The van der Waals surface area contributed by atoms with Gasteiger partial charge in [0.25, 0.3) is 0 Å². The van der Waals surface area contributed by atoms with Crippen LogP contribution in [0.4, 0.5) is 0 Å². The minimum Gasteiger partial charge on any atom is -0.480 e. The highest BCUT2D eigenvalue weighted by atomic mass is 32.2. The molecule has 0 unspecified atom stereocenters. The highest BCUT2D eigenvalue weighted by Crippen LogP contribution is 2.25. The van der Waals surface area contributed by atoms with Crippen molar-refractivity contribution in [1.82, 2.24) is 4.31 Å². The van der Waals surface area contributed by atoms with Crippen LogP contribution in [0.3, 0.4) is 0 Å². The van der Waals surface area contributed by atoms with Gasteiger partial charge < -0.3 is 9.84 Å². The van der Waals surface area contributed by atoms with Crippen molar-refractivity contribution in [1.29, 1.82) is 0 Å². The molecule has 0 bridgehead atoms. The molecule has 0 aromatic carbocycles. The highest BCUT2D eigenvalue weighted by molar-refractivity contribution is 7.89. The number of rotatable bonds is 7. The van der Waals surface area contributed by atoms with E-state index in [-0.39, 0.29) is 18.4 Å². The molecule has 7 heteroatoms. The zero-order valence-corrected chi connectivity index (χ0v) is 10.8. The van der Waals surface area contributed by atoms with Crippen molar-refractivity contribution >= 4 is 16.0 Å². The van der Waals surface area contributed by atoms with Gasteiger partial charge in [-0.05, 0) is 12.8 Å². The van der Waals surface area contributed by atoms with Crippen LogP contribution < -0.4 is 0 Å². The molecule has 1 aliphatic carbocycles. The first kappa shape index (κ1) is 14.4. The van der Waals surface area contributed by atoms with Gasteiger partial charge in [-0.15, -0.1) is 0 Å². The quantitative estimate of drug-likeness (QED) is 0.715. The van der Waals surface area contributed by atoms with Gasteiger partial charge in [-0.1, -0.05) is 12.8 Å². The highest BCUT2D eigenvalue weighted by Gasteiger charge is 2.33. The molecule has 0 aromatic rings. The molecule has 1 saturated carbocycles. The number of ether oxygens (including phenoxy) is 1. The topological polar surface area (TPSA) is 83.9 Å². The van der Waals surface area contributed by atoms with E-state index in [0.29, 0.717) is 0 Å². The molecule has 0 radical (unpaired) electrons. The summed E-state index contributed by atoms with van der Waals surface area (Å²) >= 11 is 0. The van der Waals surface area contributed by atoms with Gasteiger partial charge in [0.2, 0.25) is 10.0 Å². The minimum absolute atomic E-state index is 0.0885. The van der Waals surface area contributed by atoms with Crippen LogP contribution in [0.5, 0.6) is 0 Å². The Labute approximate surface area is 102 Å². The fraction of sp³-hybridized carbons (Fsp3) is 0.900. The first-order valence-corrected chi connectivity index (χ1v) is 7.28. The Balaban J connectivity index is 2.76. The Kier molecular flexibility index (Phi) is 5.35. The molecule has 0 aromatic heterocycles. The predicted octanol–water partition coefficient (Wildman–Crippen LogP) is 0.292. The third-order valence-corrected chi connectivity index (χ3v) is 4.75. The van der Waals surface area contributed by atoms with Gasteiger partial charge in [0.05, 0.1) is 12.4 Å². The zero-order chi connectivity index (χ0) is 12.9. The lowest BCUT2D eigenvalue weighted by molar-refractivity contribution is -0.137. The zero-order valence-electron chi connectivity index (χ0n) is 9.96. The summed E-state index contributed by atoms with van der Waals surface area (Å²) < 4.78 is 29.9. The second-order valence-corrected chi connectivity index (χ2v) is 6.23. The van der Waals surface area contributed by atoms with Crippen LogP contribution in [-0.2, 0) is 19.6 Å². The average molecular weight is 265 g/mol. The second-order valence-electron chi connectivity index (χ2n) is 4.19. The summed E-state index contributed by atoms with van der Waals surface area (Å²) in [5.74, 6) is -1.27. The molecular formula is C10H19NO5S. The number of carbonyl (C=O) groups is 1. The number of methoxy groups -OCH3 is 1. The SMILES string of the molecule is COCCS(=O)(=O)N(CC(=O)O)C1CCCC1. The second kappa shape index (κ2) is 6.32. The number of aliphatic carboxylic acids is 1. The number of hydrogen-bond acceptors (Lipinski definition) is 4. The maximum atomic E-state index is 12.0. The van der Waals surface area contributed by atoms with E-state index >= 15 is 0 Å². The predicted molar refractivity (Wildman–Crippen MR) is 62.3 cm³/mol. The largest absolute Gasteiger partial charge is 0.480 e. The number of carboxylic acid groups (broad SMARTS) is 1. The third kappa shape index (κ3) is 4.25. The fourth-order valence-electron chi connectivity index (χ4n) is 2.09. The molecule has 6 nitrogen and oxygen atoms in total. The molecule has 0 saturated heterocycles. The molecular weight excluding hydrogens is 246 g/mol. The Bertz CT molecular complexity index is 348. The molecule has 0 atom stereocenters.